The Morgan fingerprint density at radius 3 is 1.80 bits per heavy atom. The molecule has 0 aromatic heterocycles. The fourth-order valence-corrected chi connectivity index (χ4v) is 3.94. The summed E-state index contributed by atoms with van der Waals surface area (Å²) < 4.78 is 0. The van der Waals surface area contributed by atoms with Crippen LogP contribution < -0.4 is 21.7 Å². The first kappa shape index (κ1) is 31.8. The van der Waals surface area contributed by atoms with E-state index in [1.165, 1.54) is 24.3 Å². The molecule has 0 saturated heterocycles. The molecule has 4 unspecified atom stereocenters. The van der Waals surface area contributed by atoms with Gasteiger partial charge in [-0.1, -0.05) is 56.3 Å². The second kappa shape index (κ2) is 15.2. The lowest BCUT2D eigenvalue weighted by Gasteiger charge is -2.25. The van der Waals surface area contributed by atoms with Crippen molar-refractivity contribution in [3.05, 3.63) is 65.7 Å². The molecule has 0 fully saturated rings. The van der Waals surface area contributed by atoms with E-state index in [1.54, 1.807) is 44.2 Å². The summed E-state index contributed by atoms with van der Waals surface area (Å²) in [4.78, 5) is 62.2. The Bertz CT molecular complexity index is 1170. The van der Waals surface area contributed by atoms with Crippen LogP contribution in [0.1, 0.15) is 37.8 Å². The van der Waals surface area contributed by atoms with Gasteiger partial charge < -0.3 is 37.0 Å². The maximum Gasteiger partial charge on any atom is 0.326 e. The molecule has 216 valence electrons. The van der Waals surface area contributed by atoms with Crippen molar-refractivity contribution in [1.82, 2.24) is 16.0 Å². The number of amides is 3. The third-order valence-corrected chi connectivity index (χ3v) is 5.98. The fraction of sp³-hybridized carbons (Fsp3) is 0.393. The van der Waals surface area contributed by atoms with Crippen molar-refractivity contribution >= 4 is 29.7 Å². The number of phenolic OH excluding ortho intramolecular Hbond substituents is 1. The molecule has 40 heavy (non-hydrogen) atoms. The molecule has 0 aliphatic heterocycles. The zero-order valence-corrected chi connectivity index (χ0v) is 22.4. The SMILES string of the molecule is CC(C)CC(NC(=O)C(CC(=O)O)NC(=O)C(N)Cc1ccccc1)C(=O)NC(Cc1ccc(O)cc1)C(=O)O. The van der Waals surface area contributed by atoms with Crippen molar-refractivity contribution < 1.29 is 39.3 Å². The molecule has 12 nitrogen and oxygen atoms in total. The van der Waals surface area contributed by atoms with Gasteiger partial charge in [-0.25, -0.2) is 4.79 Å². The number of carboxylic acid groups (broad SMARTS) is 2. The van der Waals surface area contributed by atoms with Crippen LogP contribution in [0.4, 0.5) is 0 Å². The minimum absolute atomic E-state index is 0.00315. The predicted molar refractivity (Wildman–Crippen MR) is 145 cm³/mol. The number of nitrogens with two attached hydrogens (primary N) is 1. The van der Waals surface area contributed by atoms with E-state index < -0.39 is 60.2 Å². The van der Waals surface area contributed by atoms with E-state index in [-0.39, 0.29) is 30.9 Å². The number of nitrogens with one attached hydrogen (secondary N) is 3. The van der Waals surface area contributed by atoms with E-state index in [4.69, 9.17) is 5.73 Å². The summed E-state index contributed by atoms with van der Waals surface area (Å²) in [7, 11) is 0. The molecule has 12 heteroatoms. The monoisotopic (exact) mass is 556 g/mol. The van der Waals surface area contributed by atoms with E-state index >= 15 is 0 Å². The van der Waals surface area contributed by atoms with Gasteiger partial charge >= 0.3 is 11.9 Å². The van der Waals surface area contributed by atoms with Crippen LogP contribution in [0.25, 0.3) is 0 Å². The van der Waals surface area contributed by atoms with Gasteiger partial charge in [0.15, 0.2) is 0 Å². The number of carbonyl (C=O) groups is 5. The molecule has 0 radical (unpaired) electrons. The van der Waals surface area contributed by atoms with E-state index in [0.717, 1.165) is 5.56 Å². The predicted octanol–water partition coefficient (Wildman–Crippen LogP) is 0.565. The van der Waals surface area contributed by atoms with E-state index in [2.05, 4.69) is 16.0 Å². The van der Waals surface area contributed by atoms with Gasteiger partial charge in [-0.2, -0.15) is 0 Å². The van der Waals surface area contributed by atoms with Crippen molar-refractivity contribution in [1.29, 1.82) is 0 Å². The maximum absolute atomic E-state index is 13.1. The topological polar surface area (TPSA) is 208 Å². The fourth-order valence-electron chi connectivity index (χ4n) is 3.94. The van der Waals surface area contributed by atoms with Crippen molar-refractivity contribution in [2.75, 3.05) is 0 Å². The van der Waals surface area contributed by atoms with Crippen LogP contribution in [0.3, 0.4) is 0 Å². The Hall–Kier alpha value is -4.45. The number of hydrogen-bond donors (Lipinski definition) is 7. The average molecular weight is 557 g/mol. The van der Waals surface area contributed by atoms with Gasteiger partial charge in [-0.05, 0) is 42.0 Å². The highest BCUT2D eigenvalue weighted by Crippen LogP contribution is 2.13. The van der Waals surface area contributed by atoms with Crippen LogP contribution in [0.5, 0.6) is 5.75 Å². The van der Waals surface area contributed by atoms with Crippen LogP contribution in [0, 0.1) is 5.92 Å². The normalized spacial score (nSPS) is 13.9. The van der Waals surface area contributed by atoms with Gasteiger partial charge in [0.1, 0.15) is 23.9 Å². The number of aliphatic carboxylic acids is 2. The van der Waals surface area contributed by atoms with Gasteiger partial charge in [-0.15, -0.1) is 0 Å². The lowest BCUT2D eigenvalue weighted by atomic mass is 10.0. The van der Waals surface area contributed by atoms with Gasteiger partial charge in [0.25, 0.3) is 0 Å². The summed E-state index contributed by atoms with van der Waals surface area (Å²) in [5.74, 6) is -5.22. The van der Waals surface area contributed by atoms with Crippen molar-refractivity contribution in [2.24, 2.45) is 11.7 Å². The molecule has 4 atom stereocenters. The lowest BCUT2D eigenvalue weighted by Crippen LogP contribution is -2.58. The molecule has 0 spiro atoms. The highest BCUT2D eigenvalue weighted by Gasteiger charge is 2.32. The van der Waals surface area contributed by atoms with E-state index in [0.29, 0.717) is 5.56 Å². The highest BCUT2D eigenvalue weighted by molar-refractivity contribution is 5.95. The maximum atomic E-state index is 13.1. The molecule has 8 N–H and O–H groups in total. The van der Waals surface area contributed by atoms with Crippen LogP contribution >= 0.6 is 0 Å². The average Bonchev–Trinajstić information content (AvgIpc) is 2.88. The molecular weight excluding hydrogens is 520 g/mol. The van der Waals surface area contributed by atoms with Crippen LogP contribution in [-0.2, 0) is 36.8 Å². The Kier molecular flexibility index (Phi) is 12.1. The number of carboxylic acids is 2. The zero-order chi connectivity index (χ0) is 29.8. The number of phenols is 1. The molecular formula is C28H36N4O8. The van der Waals surface area contributed by atoms with Gasteiger partial charge in [-0.3, -0.25) is 19.2 Å². The van der Waals surface area contributed by atoms with E-state index in [1.807, 2.05) is 0 Å². The number of rotatable bonds is 15. The first-order chi connectivity index (χ1) is 18.8. The third-order valence-electron chi connectivity index (χ3n) is 5.98. The van der Waals surface area contributed by atoms with Crippen molar-refractivity contribution in [2.45, 2.75) is 63.7 Å². The molecule has 0 saturated carbocycles. The lowest BCUT2D eigenvalue weighted by molar-refractivity contribution is -0.143. The molecule has 0 bridgehead atoms. The Morgan fingerprint density at radius 2 is 1.25 bits per heavy atom. The largest absolute Gasteiger partial charge is 0.508 e. The standard InChI is InChI=1S/C28H36N4O8/c1-16(2)12-21(26(37)32-23(28(39)40)14-18-8-10-19(33)11-9-18)31-27(38)22(15-24(34)35)30-25(36)20(29)13-17-6-4-3-5-7-17/h3-11,16,20-23,33H,12-15,29H2,1-2H3,(H,30,36)(H,31,38)(H,32,37)(H,34,35)(H,39,40). The van der Waals surface area contributed by atoms with Gasteiger partial charge in [0.05, 0.1) is 12.5 Å². The van der Waals surface area contributed by atoms with Crippen molar-refractivity contribution in [3.63, 3.8) is 0 Å². The summed E-state index contributed by atoms with van der Waals surface area (Å²) in [5.41, 5.74) is 7.30. The summed E-state index contributed by atoms with van der Waals surface area (Å²) >= 11 is 0. The summed E-state index contributed by atoms with van der Waals surface area (Å²) in [6, 6.07) is 9.60. The second-order valence-electron chi connectivity index (χ2n) is 9.92. The Labute approximate surface area is 232 Å². The summed E-state index contributed by atoms with van der Waals surface area (Å²) in [6.07, 6.45) is -0.570. The van der Waals surface area contributed by atoms with Gasteiger partial charge in [0, 0.05) is 6.42 Å². The number of carbonyl (C=O) groups excluding carboxylic acids is 3. The smallest absolute Gasteiger partial charge is 0.326 e. The summed E-state index contributed by atoms with van der Waals surface area (Å²) in [6.45, 7) is 3.58. The molecule has 3 amide bonds. The van der Waals surface area contributed by atoms with Crippen molar-refractivity contribution in [3.8, 4) is 5.75 Å². The zero-order valence-electron chi connectivity index (χ0n) is 22.4. The molecule has 2 aromatic rings. The minimum Gasteiger partial charge on any atom is -0.508 e. The Balaban J connectivity index is 2.13. The number of benzene rings is 2. The minimum atomic E-state index is -1.53. The van der Waals surface area contributed by atoms with Crippen LogP contribution in [-0.4, -0.2) is 69.1 Å². The molecule has 0 aliphatic rings. The Morgan fingerprint density at radius 1 is 0.725 bits per heavy atom. The van der Waals surface area contributed by atoms with E-state index in [9.17, 15) is 39.3 Å². The van der Waals surface area contributed by atoms with Crippen LogP contribution in [0.2, 0.25) is 0 Å². The van der Waals surface area contributed by atoms with Gasteiger partial charge in [0.2, 0.25) is 17.7 Å². The summed E-state index contributed by atoms with van der Waals surface area (Å²) in [5, 5.41) is 35.7. The number of hydrogen-bond acceptors (Lipinski definition) is 7. The van der Waals surface area contributed by atoms with Crippen LogP contribution in [0.15, 0.2) is 54.6 Å². The first-order valence-corrected chi connectivity index (χ1v) is 12.8. The first-order valence-electron chi connectivity index (χ1n) is 12.8. The highest BCUT2D eigenvalue weighted by atomic mass is 16.4. The molecule has 0 heterocycles. The molecule has 2 aromatic carbocycles. The molecule has 0 aliphatic carbocycles. The number of aromatic hydroxyl groups is 1. The second-order valence-corrected chi connectivity index (χ2v) is 9.92. The molecule has 2 rings (SSSR count). The quantitative estimate of drug-likeness (QED) is 0.163. The third kappa shape index (κ3) is 10.7.